The van der Waals surface area contributed by atoms with E-state index in [9.17, 15) is 31.2 Å². The summed E-state index contributed by atoms with van der Waals surface area (Å²) in [4.78, 5) is 23.5. The first kappa shape index (κ1) is 77.5. The molecule has 0 aliphatic carbocycles. The predicted octanol–water partition coefficient (Wildman–Crippen LogP) is 10.1. The van der Waals surface area contributed by atoms with Crippen molar-refractivity contribution in [1.29, 1.82) is 0 Å². The van der Waals surface area contributed by atoms with Crippen LogP contribution < -0.4 is 51.4 Å². The Morgan fingerprint density at radius 1 is 0.451 bits per heavy atom. The van der Waals surface area contributed by atoms with Crippen LogP contribution in [0.3, 0.4) is 0 Å². The van der Waals surface area contributed by atoms with Gasteiger partial charge in [0.2, 0.25) is 0 Å². The number of nitrogens with zero attached hydrogens (tertiary/aromatic N) is 1. The second-order valence-electron chi connectivity index (χ2n) is 24.5. The molecule has 0 rings (SSSR count). The molecule has 0 aromatic rings. The van der Waals surface area contributed by atoms with E-state index in [1.165, 1.54) is 13.8 Å². The third-order valence-electron chi connectivity index (χ3n) is 9.56. The summed E-state index contributed by atoms with van der Waals surface area (Å²) in [6.45, 7) is 58.8. The van der Waals surface area contributed by atoms with Crippen LogP contribution in [0.25, 0.3) is 4.72 Å². The van der Waals surface area contributed by atoms with Crippen LogP contribution in [0.15, 0.2) is 0 Å². The number of amides is 1. The number of rotatable bonds is 29. The van der Waals surface area contributed by atoms with Crippen molar-refractivity contribution in [3.05, 3.63) is 4.72 Å². The van der Waals surface area contributed by atoms with Gasteiger partial charge >= 0.3 is 140 Å². The minimum atomic E-state index is -5.71. The zero-order chi connectivity index (χ0) is 56.7. The number of carbonyl (C=O) groups is 2. The number of esters is 1. The Morgan fingerprint density at radius 2 is 0.704 bits per heavy atom. The van der Waals surface area contributed by atoms with E-state index in [0.717, 1.165) is 18.9 Å². The van der Waals surface area contributed by atoms with Gasteiger partial charge in [-0.3, -0.25) is 4.79 Å². The molecule has 1 amide bonds. The zero-order valence-electron chi connectivity index (χ0n) is 49.6. The molecule has 0 saturated heterocycles. The number of hydrogen-bond acceptors (Lipinski definition) is 15. The van der Waals surface area contributed by atoms with Crippen LogP contribution in [0, 0.1) is 10.8 Å². The summed E-state index contributed by atoms with van der Waals surface area (Å²) in [7, 11) is -33.3. The molecule has 420 valence electrons. The molecule has 0 unspecified atom stereocenters. The van der Waals surface area contributed by atoms with Gasteiger partial charge in [0.25, 0.3) is 0 Å². The van der Waals surface area contributed by atoms with E-state index in [1.54, 1.807) is 6.92 Å². The third kappa shape index (κ3) is 34.1. The maximum absolute atomic E-state index is 12.4. The Labute approximate surface area is 484 Å². The minimum absolute atomic E-state index is 0. The van der Waals surface area contributed by atoms with Crippen LogP contribution in [0.4, 0.5) is 13.2 Å². The maximum Gasteiger partial charge on any atom is 1.00 e. The molecule has 0 radical (unpaired) electrons. The van der Waals surface area contributed by atoms with Gasteiger partial charge in [-0.15, -0.1) is 0 Å². The van der Waals surface area contributed by atoms with E-state index < -0.39 is 126 Å². The van der Waals surface area contributed by atoms with Gasteiger partial charge in [-0.2, -0.15) is 13.2 Å². The Morgan fingerprint density at radius 3 is 0.944 bits per heavy atom. The maximum atomic E-state index is 12.4. The second-order valence-corrected chi connectivity index (χ2v) is 67.7. The number of carbonyl (C=O) groups excluding carboxylic acids is 2. The van der Waals surface area contributed by atoms with Crippen molar-refractivity contribution in [2.24, 2.45) is 10.8 Å². The number of sulfonamides is 1. The quantitative estimate of drug-likeness (QED) is 0.0391. The van der Waals surface area contributed by atoms with E-state index in [1.807, 2.05) is 20.8 Å². The fourth-order valence-electron chi connectivity index (χ4n) is 7.81. The summed E-state index contributed by atoms with van der Waals surface area (Å²) >= 11 is 0. The van der Waals surface area contributed by atoms with Crippen LogP contribution in [0.5, 0.6) is 0 Å². The molecule has 0 bridgehead atoms. The minimum Gasteiger partial charge on any atom is -0.538 e. The average molecular weight is 1260 g/mol. The van der Waals surface area contributed by atoms with Crippen molar-refractivity contribution in [2.45, 2.75) is 223 Å². The van der Waals surface area contributed by atoms with Crippen LogP contribution >= 0.6 is 0 Å². The Bertz CT molecular complexity index is 1820. The topological polar surface area (TPSA) is 184 Å². The van der Waals surface area contributed by atoms with E-state index in [-0.39, 0.29) is 63.8 Å². The zero-order valence-corrected chi connectivity index (χ0v) is 64.6. The molecule has 0 atom stereocenters. The summed E-state index contributed by atoms with van der Waals surface area (Å²) < 4.78 is 132. The van der Waals surface area contributed by atoms with Crippen molar-refractivity contribution < 1.29 is 128 Å². The molecule has 0 heterocycles. The number of hydrogen-bond donors (Lipinski definition) is 0. The monoisotopic (exact) mass is 1260 g/mol. The van der Waals surface area contributed by atoms with Gasteiger partial charge in [-0.05, 0) is 190 Å². The SMILES string of the molecule is CCC(C)(C)C(=O)OCCC[Si](C)(C)O[Si](C)(C)O[Si](C)(C)O[Si](C)(C)O[Si](C)(C)O[Si](C)(C)O[Si](C)(C)O[Si](C)(C)O[Si](C)(C)O[Si](C)(C)O[Si](C)(C)C.CCC(C)(C)C(=O)[N-]S(=O)(=O)C(F)(F)F.[K+]. The Hall–Kier alpha value is 2.30. The molecular weight excluding hydrogens is 1160 g/mol. The first-order valence-electron chi connectivity index (χ1n) is 24.0. The Kier molecular flexibility index (Phi) is 30.2. The predicted molar refractivity (Wildman–Crippen MR) is 301 cm³/mol. The van der Waals surface area contributed by atoms with Crippen molar-refractivity contribution in [3.63, 3.8) is 0 Å². The number of ether oxygens (including phenoxy) is 1. The molecule has 16 nitrogen and oxygen atoms in total. The van der Waals surface area contributed by atoms with E-state index in [2.05, 4.69) is 155 Å². The van der Waals surface area contributed by atoms with E-state index >= 15 is 0 Å². The average Bonchev–Trinajstić information content (AvgIpc) is 2.99. The summed E-state index contributed by atoms with van der Waals surface area (Å²) in [6.07, 6.45) is 1.71. The molecular formula is C39H97F3KNO15SSi11. The van der Waals surface area contributed by atoms with E-state index in [4.69, 9.17) is 45.9 Å². The molecule has 71 heavy (non-hydrogen) atoms. The van der Waals surface area contributed by atoms with Gasteiger partial charge in [0.15, 0.2) is 26.7 Å². The van der Waals surface area contributed by atoms with Gasteiger partial charge in [-0.1, -0.05) is 27.7 Å². The summed E-state index contributed by atoms with van der Waals surface area (Å²) in [5.74, 6) is -1.43. The summed E-state index contributed by atoms with van der Waals surface area (Å²) in [6, 6.07) is 0.872. The molecule has 0 aliphatic rings. The standard InChI is InChI=1S/C32H86O12Si11.C7H12F3NO3S.K/c1-27-32(2,3)31(33)34-29-28-30-46(7,8)36-48(11,12)38-50(15,16)40-52(19,20)42-54(23,24)44-55(25,26)43-53(21,22)41-51(17,18)39-49(13,14)37-47(9,10)35-45(4,5)6;1-4-6(2,3)5(12)11-15(13,14)7(8,9)10;/h27-30H2,1-26H3;4H2,1-3H3,(H,11,12);/q;;+1/p-1. The van der Waals surface area contributed by atoms with Crippen LogP contribution in [0.1, 0.15) is 60.8 Å². The summed E-state index contributed by atoms with van der Waals surface area (Å²) in [5, 5.41) is 0. The Balaban J connectivity index is -0.00000246. The van der Waals surface area contributed by atoms with Crippen molar-refractivity contribution in [3.8, 4) is 0 Å². The molecule has 0 aromatic carbocycles. The van der Waals surface area contributed by atoms with Crippen molar-refractivity contribution in [2.75, 3.05) is 6.61 Å². The molecule has 0 N–H and O–H groups in total. The largest absolute Gasteiger partial charge is 1.00 e. The molecule has 0 spiro atoms. The first-order valence-corrected chi connectivity index (χ1v) is 57.3. The van der Waals surface area contributed by atoms with Crippen LogP contribution in [0.2, 0.25) is 157 Å². The second kappa shape index (κ2) is 27.6. The van der Waals surface area contributed by atoms with Gasteiger partial charge in [0.1, 0.15) is 0 Å². The smallest absolute Gasteiger partial charge is 0.538 e. The van der Waals surface area contributed by atoms with E-state index in [0.29, 0.717) is 6.61 Å². The molecule has 0 aliphatic heterocycles. The molecule has 0 fully saturated rings. The number of alkyl halides is 3. The van der Waals surface area contributed by atoms with Crippen molar-refractivity contribution >= 4 is 116 Å². The van der Waals surface area contributed by atoms with Gasteiger partial charge in [0.05, 0.1) is 17.9 Å². The summed E-state index contributed by atoms with van der Waals surface area (Å²) in [5.41, 5.74) is -7.19. The van der Waals surface area contributed by atoms with Crippen LogP contribution in [-0.2, 0) is 65.5 Å². The molecule has 0 aromatic heterocycles. The fourth-order valence-corrected chi connectivity index (χ4v) is 63.8. The van der Waals surface area contributed by atoms with Gasteiger partial charge in [0, 0.05) is 5.41 Å². The normalized spacial score (nSPS) is 14.9. The first-order chi connectivity index (χ1) is 30.2. The fraction of sp³-hybridized carbons (Fsp3) is 0.949. The molecule has 32 heteroatoms. The van der Waals surface area contributed by atoms with Crippen LogP contribution in [-0.4, -0.2) is 126 Å². The van der Waals surface area contributed by atoms with Gasteiger partial charge in [-0.25, -0.2) is 8.42 Å². The van der Waals surface area contributed by atoms with Gasteiger partial charge < -0.3 is 55.4 Å². The number of halogens is 3. The third-order valence-corrected chi connectivity index (χ3v) is 52.2. The molecule has 0 saturated carbocycles. The van der Waals surface area contributed by atoms with Crippen molar-refractivity contribution in [1.82, 2.24) is 0 Å².